The van der Waals surface area contributed by atoms with Crippen LogP contribution in [0.25, 0.3) is 0 Å². The number of unbranched alkanes of at least 4 members (excludes halogenated alkanes) is 4. The van der Waals surface area contributed by atoms with Crippen molar-refractivity contribution in [2.24, 2.45) is 0 Å². The smallest absolute Gasteiger partial charge is 0.120 e. The topological polar surface area (TPSA) is 63.2 Å². The zero-order valence-electron chi connectivity index (χ0n) is 20.5. The van der Waals surface area contributed by atoms with Gasteiger partial charge in [0.2, 0.25) is 0 Å². The molecule has 0 saturated carbocycles. The van der Waals surface area contributed by atoms with Gasteiger partial charge in [-0.25, -0.2) is 0 Å². The molecule has 3 unspecified atom stereocenters. The van der Waals surface area contributed by atoms with E-state index in [0.29, 0.717) is 39.3 Å². The molecule has 6 nitrogen and oxygen atoms in total. The summed E-state index contributed by atoms with van der Waals surface area (Å²) in [4.78, 5) is 11.1. The standard InChI is InChI=1S/C25H48O6/c1-5-9-16-27-20-22-24(29-18-11-7-3)25(30-19-12-8-4)23(28-17-10-6-2)21(31-22)14-13-15-26/h15,21-25H,5-14,16-20H2,1-4H3/t21-,22?,23?,24+,25?/m1/s1. The molecule has 5 atom stereocenters. The molecule has 1 fully saturated rings. The minimum Gasteiger partial charge on any atom is -0.379 e. The zero-order chi connectivity index (χ0) is 22.7. The van der Waals surface area contributed by atoms with Crippen molar-refractivity contribution in [2.45, 2.75) is 122 Å². The van der Waals surface area contributed by atoms with Crippen molar-refractivity contribution in [3.05, 3.63) is 0 Å². The molecule has 0 amide bonds. The fourth-order valence-corrected chi connectivity index (χ4v) is 3.72. The third-order valence-corrected chi connectivity index (χ3v) is 5.65. The highest BCUT2D eigenvalue weighted by atomic mass is 16.6. The van der Waals surface area contributed by atoms with Crippen molar-refractivity contribution >= 4 is 6.29 Å². The predicted molar refractivity (Wildman–Crippen MR) is 124 cm³/mol. The Hall–Kier alpha value is -0.530. The molecule has 0 aromatic rings. The fraction of sp³-hybridized carbons (Fsp3) is 0.960. The lowest BCUT2D eigenvalue weighted by atomic mass is 9.92. The van der Waals surface area contributed by atoms with Crippen LogP contribution in [-0.2, 0) is 28.5 Å². The van der Waals surface area contributed by atoms with Gasteiger partial charge >= 0.3 is 0 Å². The van der Waals surface area contributed by atoms with Crippen LogP contribution in [0.15, 0.2) is 0 Å². The van der Waals surface area contributed by atoms with E-state index in [1.807, 2.05) is 0 Å². The zero-order valence-corrected chi connectivity index (χ0v) is 20.5. The van der Waals surface area contributed by atoms with E-state index in [-0.39, 0.29) is 30.5 Å². The van der Waals surface area contributed by atoms with Crippen molar-refractivity contribution in [3.63, 3.8) is 0 Å². The summed E-state index contributed by atoms with van der Waals surface area (Å²) < 4.78 is 31.5. The first-order chi connectivity index (χ1) is 15.2. The summed E-state index contributed by atoms with van der Waals surface area (Å²) in [7, 11) is 0. The van der Waals surface area contributed by atoms with E-state index < -0.39 is 0 Å². The Balaban J connectivity index is 3.03. The molecular weight excluding hydrogens is 396 g/mol. The molecule has 184 valence electrons. The van der Waals surface area contributed by atoms with Crippen LogP contribution in [0.4, 0.5) is 0 Å². The minimum absolute atomic E-state index is 0.195. The number of carbonyl (C=O) groups excluding carboxylic acids is 1. The first kappa shape index (κ1) is 28.5. The summed E-state index contributed by atoms with van der Waals surface area (Å²) in [5.41, 5.74) is 0. The Labute approximate surface area is 190 Å². The average Bonchev–Trinajstić information content (AvgIpc) is 2.78. The summed E-state index contributed by atoms with van der Waals surface area (Å²) >= 11 is 0. The molecule has 0 aliphatic carbocycles. The van der Waals surface area contributed by atoms with Crippen LogP contribution < -0.4 is 0 Å². The van der Waals surface area contributed by atoms with E-state index >= 15 is 0 Å². The number of rotatable bonds is 20. The number of hydrogen-bond donors (Lipinski definition) is 0. The summed E-state index contributed by atoms with van der Waals surface area (Å²) in [6.07, 6.45) is 9.26. The van der Waals surface area contributed by atoms with Crippen LogP contribution in [0.5, 0.6) is 0 Å². The van der Waals surface area contributed by atoms with Gasteiger partial charge in [0, 0.05) is 32.8 Å². The van der Waals surface area contributed by atoms with Gasteiger partial charge in [-0.1, -0.05) is 53.4 Å². The molecule has 0 radical (unpaired) electrons. The highest BCUT2D eigenvalue weighted by molar-refractivity contribution is 5.49. The molecule has 0 N–H and O–H groups in total. The highest BCUT2D eigenvalue weighted by Gasteiger charge is 2.47. The summed E-state index contributed by atoms with van der Waals surface area (Å²) in [5.74, 6) is 0. The van der Waals surface area contributed by atoms with Gasteiger partial charge in [-0.05, 0) is 32.1 Å². The maximum absolute atomic E-state index is 11.1. The van der Waals surface area contributed by atoms with Crippen LogP contribution in [0, 0.1) is 0 Å². The van der Waals surface area contributed by atoms with Gasteiger partial charge in [-0.15, -0.1) is 0 Å². The van der Waals surface area contributed by atoms with Crippen LogP contribution in [0.3, 0.4) is 0 Å². The summed E-state index contributed by atoms with van der Waals surface area (Å²) in [6.45, 7) is 11.8. The average molecular weight is 445 g/mol. The largest absolute Gasteiger partial charge is 0.379 e. The second kappa shape index (κ2) is 19.0. The van der Waals surface area contributed by atoms with Crippen LogP contribution >= 0.6 is 0 Å². The Morgan fingerprint density at radius 3 is 1.68 bits per heavy atom. The summed E-state index contributed by atoms with van der Waals surface area (Å²) in [6, 6.07) is 0. The maximum atomic E-state index is 11.1. The molecule has 0 spiro atoms. The Bertz CT molecular complexity index is 419. The number of ether oxygens (including phenoxy) is 5. The van der Waals surface area contributed by atoms with Crippen molar-refractivity contribution in [1.82, 2.24) is 0 Å². The second-order valence-corrected chi connectivity index (χ2v) is 8.45. The lowest BCUT2D eigenvalue weighted by Gasteiger charge is -2.46. The molecule has 6 heteroatoms. The van der Waals surface area contributed by atoms with Gasteiger partial charge in [0.1, 0.15) is 30.7 Å². The molecule has 1 saturated heterocycles. The SMILES string of the molecule is CCCCOCC1O[C@H](CCC=O)C(OCCCC)C(OCCCC)[C@H]1OCCCC. The Morgan fingerprint density at radius 1 is 0.677 bits per heavy atom. The van der Waals surface area contributed by atoms with Crippen LogP contribution in [0.2, 0.25) is 0 Å². The van der Waals surface area contributed by atoms with Gasteiger partial charge in [-0.2, -0.15) is 0 Å². The fourth-order valence-electron chi connectivity index (χ4n) is 3.72. The van der Waals surface area contributed by atoms with Crippen molar-refractivity contribution < 1.29 is 28.5 Å². The van der Waals surface area contributed by atoms with E-state index in [9.17, 15) is 4.79 Å². The van der Waals surface area contributed by atoms with E-state index in [2.05, 4.69) is 27.7 Å². The normalized spacial score (nSPS) is 26.3. The van der Waals surface area contributed by atoms with Gasteiger partial charge in [0.05, 0.1) is 12.7 Å². The predicted octanol–water partition coefficient (Wildman–Crippen LogP) is 5.11. The highest BCUT2D eigenvalue weighted by Crippen LogP contribution is 2.31. The van der Waals surface area contributed by atoms with E-state index in [1.165, 1.54) is 0 Å². The lowest BCUT2D eigenvalue weighted by molar-refractivity contribution is -0.266. The first-order valence-electron chi connectivity index (χ1n) is 12.7. The second-order valence-electron chi connectivity index (χ2n) is 8.45. The molecule has 0 bridgehead atoms. The molecular formula is C25H48O6. The molecule has 0 aromatic heterocycles. The third kappa shape index (κ3) is 11.2. The Kier molecular flexibility index (Phi) is 17.5. The lowest BCUT2D eigenvalue weighted by Crippen LogP contribution is -2.61. The van der Waals surface area contributed by atoms with Gasteiger partial charge < -0.3 is 28.5 Å². The molecule has 1 aliphatic heterocycles. The monoisotopic (exact) mass is 444 g/mol. The molecule has 0 aromatic carbocycles. The first-order valence-corrected chi connectivity index (χ1v) is 12.7. The maximum Gasteiger partial charge on any atom is 0.120 e. The number of aldehydes is 1. The third-order valence-electron chi connectivity index (χ3n) is 5.65. The summed E-state index contributed by atoms with van der Waals surface area (Å²) in [5, 5.41) is 0. The van der Waals surface area contributed by atoms with Gasteiger partial charge in [-0.3, -0.25) is 0 Å². The molecule has 1 aliphatic rings. The molecule has 1 rings (SSSR count). The Morgan fingerprint density at radius 2 is 1.16 bits per heavy atom. The van der Waals surface area contributed by atoms with Crippen molar-refractivity contribution in [2.75, 3.05) is 33.0 Å². The van der Waals surface area contributed by atoms with Gasteiger partial charge in [0.25, 0.3) is 0 Å². The van der Waals surface area contributed by atoms with Gasteiger partial charge in [0.15, 0.2) is 0 Å². The van der Waals surface area contributed by atoms with Crippen LogP contribution in [0.1, 0.15) is 91.9 Å². The minimum atomic E-state index is -0.234. The van der Waals surface area contributed by atoms with E-state index in [0.717, 1.165) is 64.3 Å². The van der Waals surface area contributed by atoms with E-state index in [4.69, 9.17) is 23.7 Å². The number of carbonyl (C=O) groups is 1. The quantitative estimate of drug-likeness (QED) is 0.192. The van der Waals surface area contributed by atoms with E-state index in [1.54, 1.807) is 0 Å². The molecule has 31 heavy (non-hydrogen) atoms. The molecule has 1 heterocycles. The van der Waals surface area contributed by atoms with Crippen molar-refractivity contribution in [1.29, 1.82) is 0 Å². The van der Waals surface area contributed by atoms with Crippen LogP contribution in [-0.4, -0.2) is 69.8 Å². The van der Waals surface area contributed by atoms with Crippen molar-refractivity contribution in [3.8, 4) is 0 Å². The number of hydrogen-bond acceptors (Lipinski definition) is 6.